The predicted octanol–water partition coefficient (Wildman–Crippen LogP) is 2.36. The highest BCUT2D eigenvalue weighted by Gasteiger charge is 2.52. The van der Waals surface area contributed by atoms with Gasteiger partial charge in [0.2, 0.25) is 0 Å². The third kappa shape index (κ3) is 3.89. The van der Waals surface area contributed by atoms with Gasteiger partial charge in [-0.2, -0.15) is 0 Å². The van der Waals surface area contributed by atoms with Crippen molar-refractivity contribution >= 4 is 5.91 Å². The van der Waals surface area contributed by atoms with Gasteiger partial charge in [0.1, 0.15) is 23.9 Å². The van der Waals surface area contributed by atoms with Crippen LogP contribution in [0, 0.1) is 12.3 Å². The van der Waals surface area contributed by atoms with Crippen LogP contribution in [0.3, 0.4) is 0 Å². The van der Waals surface area contributed by atoms with Gasteiger partial charge in [0.25, 0.3) is 5.91 Å². The fourth-order valence-electron chi connectivity index (χ4n) is 4.62. The molecule has 8 heteroatoms. The molecular formula is C22H29N3O5. The molecule has 0 saturated carbocycles. The molecule has 1 aromatic heterocycles. The van der Waals surface area contributed by atoms with E-state index in [-0.39, 0.29) is 17.9 Å². The van der Waals surface area contributed by atoms with Crippen LogP contribution in [0.5, 0.6) is 11.5 Å². The van der Waals surface area contributed by atoms with Gasteiger partial charge < -0.3 is 28.5 Å². The van der Waals surface area contributed by atoms with Crippen LogP contribution in [0.2, 0.25) is 0 Å². The SMILES string of the molecule is COCC1CC2(CN(C(=O)c3noc(C)c3COc3cccc(OC)c3)C2)CN1C. The van der Waals surface area contributed by atoms with Crippen LogP contribution in [0.1, 0.15) is 28.2 Å². The minimum Gasteiger partial charge on any atom is -0.497 e. The highest BCUT2D eigenvalue weighted by atomic mass is 16.5. The van der Waals surface area contributed by atoms with E-state index in [9.17, 15) is 4.79 Å². The highest BCUT2D eigenvalue weighted by Crippen LogP contribution is 2.42. The first-order valence-corrected chi connectivity index (χ1v) is 10.1. The van der Waals surface area contributed by atoms with E-state index in [2.05, 4.69) is 17.1 Å². The molecule has 2 aromatic rings. The molecular weight excluding hydrogens is 386 g/mol. The molecule has 0 N–H and O–H groups in total. The summed E-state index contributed by atoms with van der Waals surface area (Å²) in [6.07, 6.45) is 1.05. The Morgan fingerprint density at radius 3 is 2.77 bits per heavy atom. The van der Waals surface area contributed by atoms with Gasteiger partial charge in [0.05, 0.1) is 19.3 Å². The molecule has 162 valence electrons. The smallest absolute Gasteiger partial charge is 0.276 e. The number of aromatic nitrogens is 1. The molecule has 30 heavy (non-hydrogen) atoms. The maximum absolute atomic E-state index is 13.1. The number of rotatable bonds is 7. The van der Waals surface area contributed by atoms with Crippen LogP contribution in [0.25, 0.3) is 0 Å². The summed E-state index contributed by atoms with van der Waals surface area (Å²) >= 11 is 0. The van der Waals surface area contributed by atoms with Crippen molar-refractivity contribution in [1.82, 2.24) is 15.0 Å². The van der Waals surface area contributed by atoms with E-state index in [1.54, 1.807) is 27.2 Å². The van der Waals surface area contributed by atoms with Gasteiger partial charge in [-0.25, -0.2) is 0 Å². The van der Waals surface area contributed by atoms with Gasteiger partial charge in [-0.05, 0) is 32.5 Å². The minimum atomic E-state index is -0.0976. The van der Waals surface area contributed by atoms with Crippen molar-refractivity contribution in [3.05, 3.63) is 41.3 Å². The number of likely N-dealkylation sites (N-methyl/N-ethyl adjacent to an activating group) is 1. The number of amides is 1. The number of carbonyl (C=O) groups excluding carboxylic acids is 1. The number of hydrogen-bond donors (Lipinski definition) is 0. The van der Waals surface area contributed by atoms with Gasteiger partial charge in [-0.3, -0.25) is 4.79 Å². The highest BCUT2D eigenvalue weighted by molar-refractivity contribution is 5.94. The fourth-order valence-corrected chi connectivity index (χ4v) is 4.62. The molecule has 2 aliphatic heterocycles. The topological polar surface area (TPSA) is 77.3 Å². The molecule has 1 atom stereocenters. The molecule has 1 unspecified atom stereocenters. The van der Waals surface area contributed by atoms with Crippen molar-refractivity contribution in [3.63, 3.8) is 0 Å². The maximum atomic E-state index is 13.1. The predicted molar refractivity (Wildman–Crippen MR) is 110 cm³/mol. The number of ether oxygens (including phenoxy) is 3. The number of likely N-dealkylation sites (tertiary alicyclic amines) is 2. The lowest BCUT2D eigenvalue weighted by molar-refractivity contribution is 0.0103. The number of benzene rings is 1. The summed E-state index contributed by atoms with van der Waals surface area (Å²) in [5, 5.41) is 4.04. The molecule has 8 nitrogen and oxygen atoms in total. The third-order valence-electron chi connectivity index (χ3n) is 6.19. The van der Waals surface area contributed by atoms with Gasteiger partial charge >= 0.3 is 0 Å². The molecule has 2 saturated heterocycles. The molecule has 0 bridgehead atoms. The number of aryl methyl sites for hydroxylation is 1. The second kappa shape index (κ2) is 8.28. The lowest BCUT2D eigenvalue weighted by atomic mass is 9.77. The average Bonchev–Trinajstić information content (AvgIpc) is 3.25. The number of carbonyl (C=O) groups is 1. The molecule has 1 spiro atoms. The van der Waals surface area contributed by atoms with E-state index >= 15 is 0 Å². The Labute approximate surface area is 176 Å². The first-order valence-electron chi connectivity index (χ1n) is 10.1. The average molecular weight is 415 g/mol. The molecule has 1 aromatic carbocycles. The van der Waals surface area contributed by atoms with Crippen molar-refractivity contribution in [2.45, 2.75) is 26.0 Å². The van der Waals surface area contributed by atoms with Gasteiger partial charge in [-0.1, -0.05) is 11.2 Å². The van der Waals surface area contributed by atoms with Crippen LogP contribution in [0.15, 0.2) is 28.8 Å². The van der Waals surface area contributed by atoms with Crippen molar-refractivity contribution < 1.29 is 23.5 Å². The summed E-state index contributed by atoms with van der Waals surface area (Å²) in [6, 6.07) is 7.77. The standard InChI is InChI=1S/C22H29N3O5/c1-15-19(11-29-18-7-5-6-17(8-18)28-4)20(23-30-15)21(26)25-13-22(14-25)9-16(10-27-3)24(2)12-22/h5-8,16H,9-14H2,1-4H3. The monoisotopic (exact) mass is 415 g/mol. The lowest BCUT2D eigenvalue weighted by Gasteiger charge is -2.47. The van der Waals surface area contributed by atoms with Gasteiger partial charge in [0.15, 0.2) is 5.69 Å². The molecule has 0 aliphatic carbocycles. The molecule has 2 aliphatic rings. The lowest BCUT2D eigenvalue weighted by Crippen LogP contribution is -2.59. The van der Waals surface area contributed by atoms with Crippen LogP contribution < -0.4 is 9.47 Å². The largest absolute Gasteiger partial charge is 0.497 e. The zero-order valence-electron chi connectivity index (χ0n) is 18.0. The van der Waals surface area contributed by atoms with Crippen LogP contribution in [-0.2, 0) is 11.3 Å². The molecule has 3 heterocycles. The normalized spacial score (nSPS) is 20.4. The third-order valence-corrected chi connectivity index (χ3v) is 6.19. The Balaban J connectivity index is 1.40. The molecule has 4 rings (SSSR count). The van der Waals surface area contributed by atoms with E-state index in [1.165, 1.54) is 0 Å². The molecule has 0 radical (unpaired) electrons. The van der Waals surface area contributed by atoms with E-state index < -0.39 is 0 Å². The Morgan fingerprint density at radius 1 is 1.27 bits per heavy atom. The maximum Gasteiger partial charge on any atom is 0.276 e. The van der Waals surface area contributed by atoms with Crippen LogP contribution >= 0.6 is 0 Å². The van der Waals surface area contributed by atoms with Crippen molar-refractivity contribution in [3.8, 4) is 11.5 Å². The van der Waals surface area contributed by atoms with Crippen molar-refractivity contribution in [2.75, 3.05) is 47.5 Å². The fraction of sp³-hybridized carbons (Fsp3) is 0.545. The summed E-state index contributed by atoms with van der Waals surface area (Å²) in [5.74, 6) is 1.87. The second-order valence-electron chi connectivity index (χ2n) is 8.42. The van der Waals surface area contributed by atoms with Crippen molar-refractivity contribution in [1.29, 1.82) is 0 Å². The summed E-state index contributed by atoms with van der Waals surface area (Å²) in [6.45, 7) is 5.18. The van der Waals surface area contributed by atoms with E-state index in [1.807, 2.05) is 23.1 Å². The van der Waals surface area contributed by atoms with E-state index in [0.717, 1.165) is 32.7 Å². The zero-order chi connectivity index (χ0) is 21.3. The number of hydrogen-bond acceptors (Lipinski definition) is 7. The van der Waals surface area contributed by atoms with Gasteiger partial charge in [-0.15, -0.1) is 0 Å². The van der Waals surface area contributed by atoms with Crippen molar-refractivity contribution in [2.24, 2.45) is 5.41 Å². The molecule has 2 fully saturated rings. The Kier molecular flexibility index (Phi) is 5.71. The number of nitrogens with zero attached hydrogens (tertiary/aromatic N) is 3. The zero-order valence-corrected chi connectivity index (χ0v) is 18.0. The Bertz CT molecular complexity index is 906. The van der Waals surface area contributed by atoms with Crippen LogP contribution in [0.4, 0.5) is 0 Å². The second-order valence-corrected chi connectivity index (χ2v) is 8.42. The summed E-state index contributed by atoms with van der Waals surface area (Å²) in [4.78, 5) is 17.3. The summed E-state index contributed by atoms with van der Waals surface area (Å²) in [5.41, 5.74) is 1.18. The molecule has 1 amide bonds. The van der Waals surface area contributed by atoms with E-state index in [0.29, 0.717) is 34.6 Å². The first-order chi connectivity index (χ1) is 14.4. The summed E-state index contributed by atoms with van der Waals surface area (Å²) in [7, 11) is 5.47. The van der Waals surface area contributed by atoms with E-state index in [4.69, 9.17) is 18.7 Å². The summed E-state index contributed by atoms with van der Waals surface area (Å²) < 4.78 is 21.8. The Hall–Kier alpha value is -2.58. The number of methoxy groups -OCH3 is 2. The van der Waals surface area contributed by atoms with Crippen LogP contribution in [-0.4, -0.2) is 74.4 Å². The quantitative estimate of drug-likeness (QED) is 0.687. The minimum absolute atomic E-state index is 0.0976. The van der Waals surface area contributed by atoms with Gasteiger partial charge in [0, 0.05) is 44.3 Å². The Morgan fingerprint density at radius 2 is 2.03 bits per heavy atom. The first kappa shape index (κ1) is 20.7.